The van der Waals surface area contributed by atoms with Gasteiger partial charge in [-0.2, -0.15) is 0 Å². The van der Waals surface area contributed by atoms with Crippen molar-refractivity contribution in [3.8, 4) is 0 Å². The normalized spacial score (nSPS) is 10.5. The summed E-state index contributed by atoms with van der Waals surface area (Å²) < 4.78 is 1.88. The van der Waals surface area contributed by atoms with Gasteiger partial charge in [-0.3, -0.25) is 10.2 Å². The van der Waals surface area contributed by atoms with Crippen LogP contribution in [0.3, 0.4) is 0 Å². The zero-order chi connectivity index (χ0) is 18.4. The van der Waals surface area contributed by atoms with E-state index in [4.69, 9.17) is 0 Å². The Balaban J connectivity index is 1.44. The summed E-state index contributed by atoms with van der Waals surface area (Å²) >= 11 is 0. The van der Waals surface area contributed by atoms with Gasteiger partial charge in [-0.05, 0) is 24.5 Å². The van der Waals surface area contributed by atoms with E-state index in [9.17, 15) is 9.59 Å². The zero-order valence-electron chi connectivity index (χ0n) is 14.7. The minimum absolute atomic E-state index is 0.346. The molecule has 0 saturated heterocycles. The first-order valence-corrected chi connectivity index (χ1v) is 8.57. The largest absolute Gasteiger partial charge is 0.350 e. The van der Waals surface area contributed by atoms with Gasteiger partial charge in [0.1, 0.15) is 0 Å². The molecular formula is C20H22N4O2. The Morgan fingerprint density at radius 2 is 1.69 bits per heavy atom. The lowest BCUT2D eigenvalue weighted by atomic mass is 10.1. The quantitative estimate of drug-likeness (QED) is 0.489. The van der Waals surface area contributed by atoms with Crippen LogP contribution in [0.2, 0.25) is 0 Å². The number of amides is 3. The Labute approximate surface area is 152 Å². The van der Waals surface area contributed by atoms with Gasteiger partial charge in [0.2, 0.25) is 0 Å². The molecule has 134 valence electrons. The number of hydrogen-bond acceptors (Lipinski definition) is 2. The smallest absolute Gasteiger partial charge is 0.333 e. The van der Waals surface area contributed by atoms with Crippen LogP contribution < -0.4 is 16.2 Å². The van der Waals surface area contributed by atoms with Crippen molar-refractivity contribution >= 4 is 22.8 Å². The minimum Gasteiger partial charge on any atom is -0.350 e. The lowest BCUT2D eigenvalue weighted by Crippen LogP contribution is -2.47. The first kappa shape index (κ1) is 17.5. The van der Waals surface area contributed by atoms with Crippen molar-refractivity contribution in [2.24, 2.45) is 7.05 Å². The second kappa shape index (κ2) is 8.20. The van der Waals surface area contributed by atoms with E-state index in [-0.39, 0.29) is 5.91 Å². The molecule has 0 fully saturated rings. The molecule has 0 aliphatic rings. The second-order valence-corrected chi connectivity index (χ2v) is 6.10. The van der Waals surface area contributed by atoms with E-state index in [1.165, 1.54) is 5.56 Å². The third kappa shape index (κ3) is 4.22. The maximum absolute atomic E-state index is 12.3. The number of rotatable bonds is 5. The molecule has 1 heterocycles. The molecule has 0 aliphatic heterocycles. The van der Waals surface area contributed by atoms with Crippen molar-refractivity contribution < 1.29 is 9.59 Å². The highest BCUT2D eigenvalue weighted by Crippen LogP contribution is 2.19. The molecule has 0 spiro atoms. The van der Waals surface area contributed by atoms with Crippen LogP contribution in [0.1, 0.15) is 22.3 Å². The molecule has 0 bridgehead atoms. The number of aryl methyl sites for hydroxylation is 2. The van der Waals surface area contributed by atoms with E-state index in [0.717, 1.165) is 23.7 Å². The van der Waals surface area contributed by atoms with Gasteiger partial charge in [0.15, 0.2) is 0 Å². The highest BCUT2D eigenvalue weighted by Gasteiger charge is 2.13. The molecule has 3 N–H and O–H groups in total. The highest BCUT2D eigenvalue weighted by molar-refractivity contribution is 6.07. The Kier molecular flexibility index (Phi) is 5.53. The molecule has 0 unspecified atom stereocenters. The molecule has 3 amide bonds. The van der Waals surface area contributed by atoms with E-state index in [2.05, 4.69) is 28.3 Å². The third-order valence-corrected chi connectivity index (χ3v) is 4.20. The second-order valence-electron chi connectivity index (χ2n) is 6.10. The molecule has 26 heavy (non-hydrogen) atoms. The average molecular weight is 350 g/mol. The molecule has 2 aromatic carbocycles. The number of hydrogen-bond donors (Lipinski definition) is 3. The Bertz CT molecular complexity index is 903. The summed E-state index contributed by atoms with van der Waals surface area (Å²) in [5.41, 5.74) is 7.56. The van der Waals surface area contributed by atoms with Gasteiger partial charge in [0, 0.05) is 30.7 Å². The van der Waals surface area contributed by atoms with Crippen LogP contribution in [0.4, 0.5) is 4.79 Å². The van der Waals surface area contributed by atoms with Crippen molar-refractivity contribution in [2.45, 2.75) is 12.8 Å². The SMILES string of the molecule is Cn1cc(C(=O)NNC(=O)NCCCc2ccccc2)c2ccccc21. The molecule has 0 aliphatic carbocycles. The van der Waals surface area contributed by atoms with Gasteiger partial charge in [-0.15, -0.1) is 0 Å². The standard InChI is InChI=1S/C20H22N4O2/c1-24-14-17(16-11-5-6-12-18(16)24)19(25)22-23-20(26)21-13-7-10-15-8-3-2-4-9-15/h2-6,8-9,11-12,14H,7,10,13H2,1H3,(H,22,25)(H2,21,23,26). The van der Waals surface area contributed by atoms with E-state index in [0.29, 0.717) is 12.1 Å². The van der Waals surface area contributed by atoms with Crippen LogP contribution in [0.5, 0.6) is 0 Å². The number of carbonyl (C=O) groups is 2. The Morgan fingerprint density at radius 1 is 0.962 bits per heavy atom. The Morgan fingerprint density at radius 3 is 2.50 bits per heavy atom. The maximum atomic E-state index is 12.3. The average Bonchev–Trinajstić information content (AvgIpc) is 3.01. The molecule has 3 rings (SSSR count). The van der Waals surface area contributed by atoms with Crippen LogP contribution >= 0.6 is 0 Å². The lowest BCUT2D eigenvalue weighted by molar-refractivity contribution is 0.0937. The molecule has 6 heteroatoms. The van der Waals surface area contributed by atoms with Crippen molar-refractivity contribution in [3.63, 3.8) is 0 Å². The number of hydrazine groups is 1. The highest BCUT2D eigenvalue weighted by atomic mass is 16.2. The van der Waals surface area contributed by atoms with Crippen LogP contribution in [0, 0.1) is 0 Å². The van der Waals surface area contributed by atoms with Crippen molar-refractivity contribution in [1.29, 1.82) is 0 Å². The van der Waals surface area contributed by atoms with Crippen LogP contribution in [0.15, 0.2) is 60.8 Å². The summed E-state index contributed by atoms with van der Waals surface area (Å²) in [6, 6.07) is 17.3. The molecule has 3 aromatic rings. The number of nitrogens with one attached hydrogen (secondary N) is 3. The van der Waals surface area contributed by atoms with Crippen LogP contribution in [-0.2, 0) is 13.5 Å². The number of aromatic nitrogens is 1. The van der Waals surface area contributed by atoms with E-state index < -0.39 is 6.03 Å². The summed E-state index contributed by atoms with van der Waals surface area (Å²) in [5, 5.41) is 3.58. The summed E-state index contributed by atoms with van der Waals surface area (Å²) in [4.78, 5) is 24.1. The molecule has 0 atom stereocenters. The van der Waals surface area contributed by atoms with Crippen LogP contribution in [0.25, 0.3) is 10.9 Å². The molecule has 0 saturated carbocycles. The summed E-state index contributed by atoms with van der Waals surface area (Å²) in [6.45, 7) is 0.533. The van der Waals surface area contributed by atoms with Gasteiger partial charge in [-0.25, -0.2) is 10.2 Å². The fourth-order valence-electron chi connectivity index (χ4n) is 2.89. The number of urea groups is 1. The molecule has 0 radical (unpaired) electrons. The van der Waals surface area contributed by atoms with E-state index in [1.807, 2.05) is 54.1 Å². The number of fused-ring (bicyclic) bond motifs is 1. The van der Waals surface area contributed by atoms with Gasteiger partial charge in [0.05, 0.1) is 5.56 Å². The molecule has 1 aromatic heterocycles. The van der Waals surface area contributed by atoms with Crippen molar-refractivity contribution in [3.05, 3.63) is 71.9 Å². The fraction of sp³-hybridized carbons (Fsp3) is 0.200. The molecular weight excluding hydrogens is 328 g/mol. The summed E-state index contributed by atoms with van der Waals surface area (Å²) in [7, 11) is 1.88. The number of carbonyl (C=O) groups excluding carboxylic acids is 2. The van der Waals surface area contributed by atoms with Gasteiger partial charge >= 0.3 is 6.03 Å². The monoisotopic (exact) mass is 350 g/mol. The van der Waals surface area contributed by atoms with E-state index >= 15 is 0 Å². The minimum atomic E-state index is -0.424. The summed E-state index contributed by atoms with van der Waals surface area (Å²) in [6.07, 6.45) is 3.47. The van der Waals surface area contributed by atoms with Crippen LogP contribution in [-0.4, -0.2) is 23.1 Å². The predicted octanol–water partition coefficient (Wildman–Crippen LogP) is 2.76. The lowest BCUT2D eigenvalue weighted by Gasteiger charge is -2.08. The number of nitrogens with zero attached hydrogens (tertiary/aromatic N) is 1. The topological polar surface area (TPSA) is 75.2 Å². The van der Waals surface area contributed by atoms with Crippen molar-refractivity contribution in [1.82, 2.24) is 20.7 Å². The zero-order valence-corrected chi connectivity index (χ0v) is 14.7. The van der Waals surface area contributed by atoms with E-state index in [1.54, 1.807) is 6.20 Å². The molecule has 6 nitrogen and oxygen atoms in total. The van der Waals surface area contributed by atoms with Gasteiger partial charge in [-0.1, -0.05) is 48.5 Å². The van der Waals surface area contributed by atoms with Gasteiger partial charge in [0.25, 0.3) is 5.91 Å². The first-order chi connectivity index (χ1) is 12.6. The van der Waals surface area contributed by atoms with Gasteiger partial charge < -0.3 is 9.88 Å². The number of para-hydroxylation sites is 1. The third-order valence-electron chi connectivity index (χ3n) is 4.20. The predicted molar refractivity (Wildman–Crippen MR) is 102 cm³/mol. The van der Waals surface area contributed by atoms with Crippen molar-refractivity contribution in [2.75, 3.05) is 6.54 Å². The number of benzene rings is 2. The Hall–Kier alpha value is -3.28. The first-order valence-electron chi connectivity index (χ1n) is 8.57. The fourth-order valence-corrected chi connectivity index (χ4v) is 2.89. The summed E-state index contributed by atoms with van der Waals surface area (Å²) in [5.74, 6) is -0.346. The maximum Gasteiger partial charge on any atom is 0.333 e.